The fourth-order valence-electron chi connectivity index (χ4n) is 2.66. The molecule has 2 aromatic heterocycles. The van der Waals surface area contributed by atoms with Crippen molar-refractivity contribution in [3.05, 3.63) is 33.2 Å². The molecule has 3 heterocycles. The summed E-state index contributed by atoms with van der Waals surface area (Å²) < 4.78 is 1.65. The topological polar surface area (TPSA) is 54.7 Å². The van der Waals surface area contributed by atoms with E-state index in [1.807, 2.05) is 12.3 Å². The first kappa shape index (κ1) is 13.5. The van der Waals surface area contributed by atoms with Crippen LogP contribution in [0.3, 0.4) is 0 Å². The predicted molar refractivity (Wildman–Crippen MR) is 78.1 cm³/mol. The van der Waals surface area contributed by atoms with Gasteiger partial charge in [-0.05, 0) is 32.9 Å². The first-order valence-electron chi connectivity index (χ1n) is 6.82. The molecule has 2 aromatic rings. The number of fused-ring (bicyclic) bond motifs is 1. The lowest BCUT2D eigenvalue weighted by Crippen LogP contribution is -2.34. The summed E-state index contributed by atoms with van der Waals surface area (Å²) in [6.07, 6.45) is 2.87. The van der Waals surface area contributed by atoms with E-state index in [1.54, 1.807) is 10.5 Å². The Bertz CT molecular complexity index is 683. The van der Waals surface area contributed by atoms with Gasteiger partial charge in [0.15, 0.2) is 4.96 Å². The molecule has 1 aliphatic rings. The number of thiazole rings is 1. The minimum atomic E-state index is -0.00784. The monoisotopic (exact) mass is 291 g/mol. The number of hydrogen-bond acceptors (Lipinski definition) is 5. The third kappa shape index (κ3) is 2.53. The Balaban J connectivity index is 1.78. The molecule has 0 radical (unpaired) electrons. The van der Waals surface area contributed by atoms with Gasteiger partial charge in [0, 0.05) is 29.6 Å². The van der Waals surface area contributed by atoms with Crippen molar-refractivity contribution in [2.45, 2.75) is 26.3 Å². The first-order valence-corrected chi connectivity index (χ1v) is 7.70. The number of piperidine rings is 1. The number of aromatic nitrogens is 2. The maximum absolute atomic E-state index is 12.1. The van der Waals surface area contributed by atoms with E-state index in [-0.39, 0.29) is 11.5 Å². The van der Waals surface area contributed by atoms with Crippen LogP contribution in [-0.2, 0) is 11.3 Å². The van der Waals surface area contributed by atoms with Gasteiger partial charge in [0.2, 0.25) is 0 Å². The van der Waals surface area contributed by atoms with Crippen LogP contribution in [0, 0.1) is 12.8 Å². The molecule has 20 heavy (non-hydrogen) atoms. The molecular formula is C14H17N3O2S. The Labute approximate surface area is 120 Å². The van der Waals surface area contributed by atoms with Crippen molar-refractivity contribution < 1.29 is 4.79 Å². The quantitative estimate of drug-likeness (QED) is 0.804. The maximum Gasteiger partial charge on any atom is 0.259 e. The Morgan fingerprint density at radius 1 is 1.45 bits per heavy atom. The zero-order chi connectivity index (χ0) is 14.1. The van der Waals surface area contributed by atoms with Crippen molar-refractivity contribution in [3.63, 3.8) is 0 Å². The van der Waals surface area contributed by atoms with Crippen LogP contribution in [0.1, 0.15) is 24.2 Å². The van der Waals surface area contributed by atoms with Crippen LogP contribution in [0.4, 0.5) is 0 Å². The average Bonchev–Trinajstić information content (AvgIpc) is 2.81. The summed E-state index contributed by atoms with van der Waals surface area (Å²) in [7, 11) is 0. The summed E-state index contributed by atoms with van der Waals surface area (Å²) in [4.78, 5) is 30.4. The van der Waals surface area contributed by atoms with Gasteiger partial charge in [0.25, 0.3) is 5.56 Å². The Morgan fingerprint density at radius 2 is 2.20 bits per heavy atom. The lowest BCUT2D eigenvalue weighted by molar-refractivity contribution is -0.112. The SMILES string of the molecule is Cc1csc2nc(CN3CCC(C=O)CC3)cc(=O)n12. The van der Waals surface area contributed by atoms with Gasteiger partial charge in [0.1, 0.15) is 6.29 Å². The van der Waals surface area contributed by atoms with Crippen molar-refractivity contribution in [1.82, 2.24) is 14.3 Å². The highest BCUT2D eigenvalue weighted by atomic mass is 32.1. The average molecular weight is 291 g/mol. The normalized spacial score (nSPS) is 17.6. The summed E-state index contributed by atoms with van der Waals surface area (Å²) >= 11 is 1.50. The minimum Gasteiger partial charge on any atom is -0.303 e. The van der Waals surface area contributed by atoms with Crippen molar-refractivity contribution in [2.24, 2.45) is 5.92 Å². The molecule has 0 aromatic carbocycles. The molecule has 1 fully saturated rings. The van der Waals surface area contributed by atoms with Crippen molar-refractivity contribution in [1.29, 1.82) is 0 Å². The van der Waals surface area contributed by atoms with Crippen molar-refractivity contribution in [3.8, 4) is 0 Å². The fourth-order valence-corrected chi connectivity index (χ4v) is 3.55. The van der Waals surface area contributed by atoms with E-state index < -0.39 is 0 Å². The van der Waals surface area contributed by atoms with Crippen molar-refractivity contribution in [2.75, 3.05) is 13.1 Å². The molecule has 3 rings (SSSR count). The number of aryl methyl sites for hydroxylation is 1. The third-order valence-corrected chi connectivity index (χ3v) is 4.78. The van der Waals surface area contributed by atoms with E-state index in [0.29, 0.717) is 6.54 Å². The standard InChI is InChI=1S/C14H17N3O2S/c1-10-9-20-14-15-12(6-13(19)17(10)14)7-16-4-2-11(8-18)3-5-16/h6,8-9,11H,2-5,7H2,1H3. The Morgan fingerprint density at radius 3 is 2.90 bits per heavy atom. The van der Waals surface area contributed by atoms with Gasteiger partial charge in [0.05, 0.1) is 5.69 Å². The van der Waals surface area contributed by atoms with Gasteiger partial charge in [-0.1, -0.05) is 0 Å². The Kier molecular flexibility index (Phi) is 3.67. The molecule has 0 spiro atoms. The number of nitrogens with zero attached hydrogens (tertiary/aromatic N) is 3. The number of likely N-dealkylation sites (tertiary alicyclic amines) is 1. The molecule has 106 valence electrons. The summed E-state index contributed by atoms with van der Waals surface area (Å²) in [5.41, 5.74) is 1.74. The van der Waals surface area contributed by atoms with E-state index >= 15 is 0 Å². The van der Waals surface area contributed by atoms with Crippen LogP contribution in [0.2, 0.25) is 0 Å². The predicted octanol–water partition coefficient (Wildman–Crippen LogP) is 1.48. The largest absolute Gasteiger partial charge is 0.303 e. The van der Waals surface area contributed by atoms with Crippen LogP contribution in [0.5, 0.6) is 0 Å². The Hall–Kier alpha value is -1.53. The lowest BCUT2D eigenvalue weighted by atomic mass is 9.98. The van der Waals surface area contributed by atoms with E-state index in [9.17, 15) is 9.59 Å². The summed E-state index contributed by atoms with van der Waals surface area (Å²) in [5.74, 6) is 0.201. The van der Waals surface area contributed by atoms with E-state index in [1.165, 1.54) is 11.3 Å². The molecule has 1 saturated heterocycles. The molecule has 0 N–H and O–H groups in total. The van der Waals surface area contributed by atoms with E-state index in [4.69, 9.17) is 0 Å². The van der Waals surface area contributed by atoms with Gasteiger partial charge in [-0.25, -0.2) is 4.98 Å². The summed E-state index contributed by atoms with van der Waals surface area (Å²) in [5, 5.41) is 1.95. The van der Waals surface area contributed by atoms with Crippen LogP contribution >= 0.6 is 11.3 Å². The molecule has 5 nitrogen and oxygen atoms in total. The molecule has 0 aliphatic carbocycles. The molecule has 6 heteroatoms. The van der Waals surface area contributed by atoms with E-state index in [0.717, 1.165) is 48.6 Å². The van der Waals surface area contributed by atoms with Gasteiger partial charge < -0.3 is 4.79 Å². The second kappa shape index (κ2) is 5.46. The smallest absolute Gasteiger partial charge is 0.259 e. The highest BCUT2D eigenvalue weighted by Crippen LogP contribution is 2.17. The van der Waals surface area contributed by atoms with Crippen LogP contribution in [-0.4, -0.2) is 33.7 Å². The van der Waals surface area contributed by atoms with Gasteiger partial charge in [-0.15, -0.1) is 11.3 Å². The molecule has 0 bridgehead atoms. The zero-order valence-electron chi connectivity index (χ0n) is 11.4. The lowest BCUT2D eigenvalue weighted by Gasteiger charge is -2.29. The second-order valence-electron chi connectivity index (χ2n) is 5.33. The van der Waals surface area contributed by atoms with Crippen LogP contribution in [0.15, 0.2) is 16.2 Å². The minimum absolute atomic E-state index is 0.00784. The maximum atomic E-state index is 12.1. The number of hydrogen-bond donors (Lipinski definition) is 0. The van der Waals surface area contributed by atoms with Crippen LogP contribution < -0.4 is 5.56 Å². The van der Waals surface area contributed by atoms with Crippen molar-refractivity contribution >= 4 is 22.6 Å². The fraction of sp³-hybridized carbons (Fsp3) is 0.500. The highest BCUT2D eigenvalue weighted by Gasteiger charge is 2.19. The number of rotatable bonds is 3. The number of aldehydes is 1. The van der Waals surface area contributed by atoms with Gasteiger partial charge >= 0.3 is 0 Å². The van der Waals surface area contributed by atoms with Gasteiger partial charge in [-0.2, -0.15) is 0 Å². The number of carbonyl (C=O) groups is 1. The third-order valence-electron chi connectivity index (χ3n) is 3.84. The van der Waals surface area contributed by atoms with Crippen LogP contribution in [0.25, 0.3) is 4.96 Å². The molecule has 0 amide bonds. The number of carbonyl (C=O) groups excluding carboxylic acids is 1. The molecular weight excluding hydrogens is 274 g/mol. The molecule has 0 saturated carbocycles. The summed E-state index contributed by atoms with van der Waals surface area (Å²) in [6, 6.07) is 1.62. The molecule has 0 unspecified atom stereocenters. The molecule has 1 aliphatic heterocycles. The first-order chi connectivity index (χ1) is 9.67. The summed E-state index contributed by atoms with van der Waals surface area (Å²) in [6.45, 7) is 4.40. The van der Waals surface area contributed by atoms with Gasteiger partial charge in [-0.3, -0.25) is 14.1 Å². The zero-order valence-corrected chi connectivity index (χ0v) is 12.2. The second-order valence-corrected chi connectivity index (χ2v) is 6.17. The highest BCUT2D eigenvalue weighted by molar-refractivity contribution is 7.15. The van der Waals surface area contributed by atoms with E-state index in [2.05, 4.69) is 9.88 Å². The molecule has 0 atom stereocenters.